The average molecular weight is 174 g/mol. The molecule has 0 saturated heterocycles. The number of nitrogens with two attached hydrogens (primary N) is 1. The molecule has 4 N–H and O–H groups in total. The highest BCUT2D eigenvalue weighted by atomic mass is 16.3. The third kappa shape index (κ3) is 1.24. The van der Waals surface area contributed by atoms with Crippen molar-refractivity contribution in [1.82, 2.24) is 4.98 Å². The fourth-order valence-electron chi connectivity index (χ4n) is 1.34. The normalized spacial score (nSPS) is 10.2. The summed E-state index contributed by atoms with van der Waals surface area (Å²) in [6, 6.07) is 9.53. The second-order valence-electron chi connectivity index (χ2n) is 2.83. The predicted octanol–water partition coefficient (Wildman–Crippen LogP) is 1.97. The lowest BCUT2D eigenvalue weighted by Gasteiger charge is -1.99. The number of anilines is 1. The van der Waals surface area contributed by atoms with Crippen LogP contribution in [0.1, 0.15) is 0 Å². The van der Waals surface area contributed by atoms with E-state index in [1.54, 1.807) is 0 Å². The summed E-state index contributed by atoms with van der Waals surface area (Å²) >= 11 is 0. The zero-order chi connectivity index (χ0) is 9.26. The van der Waals surface area contributed by atoms with E-state index >= 15 is 0 Å². The van der Waals surface area contributed by atoms with Crippen molar-refractivity contribution in [3.05, 3.63) is 36.5 Å². The molecule has 1 aromatic heterocycles. The van der Waals surface area contributed by atoms with Gasteiger partial charge in [-0.15, -0.1) is 0 Å². The van der Waals surface area contributed by atoms with Crippen LogP contribution in [0.2, 0.25) is 0 Å². The van der Waals surface area contributed by atoms with Crippen LogP contribution in [0.4, 0.5) is 5.82 Å². The lowest BCUT2D eigenvalue weighted by atomic mass is 10.1. The van der Waals surface area contributed by atoms with Gasteiger partial charge in [-0.1, -0.05) is 30.3 Å². The quantitative estimate of drug-likeness (QED) is 0.619. The number of nitrogen functional groups attached to an aromatic ring is 1. The first-order chi connectivity index (χ1) is 6.29. The Hall–Kier alpha value is -1.90. The summed E-state index contributed by atoms with van der Waals surface area (Å²) in [5, 5.41) is 9.47. The summed E-state index contributed by atoms with van der Waals surface area (Å²) in [7, 11) is 0. The summed E-state index contributed by atoms with van der Waals surface area (Å²) < 4.78 is 0. The maximum Gasteiger partial charge on any atom is 0.143 e. The number of H-pyrrole nitrogens is 1. The molecule has 0 fully saturated rings. The van der Waals surface area contributed by atoms with Crippen molar-refractivity contribution in [3.8, 4) is 16.9 Å². The van der Waals surface area contributed by atoms with Gasteiger partial charge in [0.1, 0.15) is 11.6 Å². The molecule has 0 aliphatic carbocycles. The van der Waals surface area contributed by atoms with Crippen LogP contribution >= 0.6 is 0 Å². The predicted molar refractivity (Wildman–Crippen MR) is 52.3 cm³/mol. The van der Waals surface area contributed by atoms with E-state index in [0.29, 0.717) is 11.4 Å². The molecule has 2 rings (SSSR count). The highest BCUT2D eigenvalue weighted by Crippen LogP contribution is 2.33. The van der Waals surface area contributed by atoms with Crippen molar-refractivity contribution in [1.29, 1.82) is 0 Å². The van der Waals surface area contributed by atoms with Gasteiger partial charge in [0.05, 0.1) is 5.56 Å². The number of aromatic hydroxyl groups is 1. The number of hydrogen-bond acceptors (Lipinski definition) is 2. The molecule has 0 amide bonds. The van der Waals surface area contributed by atoms with E-state index in [4.69, 9.17) is 5.73 Å². The van der Waals surface area contributed by atoms with Crippen LogP contribution in [0.3, 0.4) is 0 Å². The molecular formula is C10H10N2O. The van der Waals surface area contributed by atoms with Crippen molar-refractivity contribution in [3.63, 3.8) is 0 Å². The van der Waals surface area contributed by atoms with Gasteiger partial charge in [-0.05, 0) is 5.56 Å². The smallest absolute Gasteiger partial charge is 0.143 e. The van der Waals surface area contributed by atoms with Crippen molar-refractivity contribution in [2.45, 2.75) is 0 Å². The van der Waals surface area contributed by atoms with E-state index in [1.165, 1.54) is 6.20 Å². The molecule has 0 saturated carbocycles. The van der Waals surface area contributed by atoms with Crippen LogP contribution in [-0.2, 0) is 0 Å². The first-order valence-electron chi connectivity index (χ1n) is 4.00. The zero-order valence-corrected chi connectivity index (χ0v) is 6.99. The number of benzene rings is 1. The molecule has 0 atom stereocenters. The monoisotopic (exact) mass is 174 g/mol. The lowest BCUT2D eigenvalue weighted by Crippen LogP contribution is -1.86. The Balaban J connectivity index is 2.59. The van der Waals surface area contributed by atoms with E-state index < -0.39 is 0 Å². The number of hydrogen-bond donors (Lipinski definition) is 3. The molecule has 3 nitrogen and oxygen atoms in total. The van der Waals surface area contributed by atoms with Crippen LogP contribution in [0.25, 0.3) is 11.1 Å². The van der Waals surface area contributed by atoms with Crippen molar-refractivity contribution < 1.29 is 5.11 Å². The van der Waals surface area contributed by atoms with E-state index in [2.05, 4.69) is 4.98 Å². The Labute approximate surface area is 75.8 Å². The van der Waals surface area contributed by atoms with Gasteiger partial charge in [-0.25, -0.2) is 0 Å². The van der Waals surface area contributed by atoms with Crippen molar-refractivity contribution in [2.24, 2.45) is 0 Å². The van der Waals surface area contributed by atoms with Crippen molar-refractivity contribution >= 4 is 5.82 Å². The summed E-state index contributed by atoms with van der Waals surface area (Å²) in [5.41, 5.74) is 7.24. The van der Waals surface area contributed by atoms with Gasteiger partial charge in [0.15, 0.2) is 0 Å². The Morgan fingerprint density at radius 2 is 1.85 bits per heavy atom. The Kier molecular flexibility index (Phi) is 1.70. The van der Waals surface area contributed by atoms with Gasteiger partial charge in [0.25, 0.3) is 0 Å². The Bertz CT molecular complexity index is 387. The third-order valence-corrected chi connectivity index (χ3v) is 1.95. The maximum atomic E-state index is 9.47. The Morgan fingerprint density at radius 1 is 1.15 bits per heavy atom. The molecular weight excluding hydrogens is 164 g/mol. The maximum absolute atomic E-state index is 9.47. The largest absolute Gasteiger partial charge is 0.506 e. The lowest BCUT2D eigenvalue weighted by molar-refractivity contribution is 0.478. The molecule has 0 aliphatic rings. The summed E-state index contributed by atoms with van der Waals surface area (Å²) in [6.07, 6.45) is 1.48. The molecule has 3 heteroatoms. The third-order valence-electron chi connectivity index (χ3n) is 1.95. The van der Waals surface area contributed by atoms with Gasteiger partial charge in [-0.2, -0.15) is 0 Å². The van der Waals surface area contributed by atoms with Gasteiger partial charge in [0.2, 0.25) is 0 Å². The number of rotatable bonds is 1. The minimum absolute atomic E-state index is 0.184. The van der Waals surface area contributed by atoms with Crippen LogP contribution in [0.15, 0.2) is 36.5 Å². The Morgan fingerprint density at radius 3 is 2.38 bits per heavy atom. The molecule has 1 heterocycles. The highest BCUT2D eigenvalue weighted by molar-refractivity contribution is 5.79. The van der Waals surface area contributed by atoms with Gasteiger partial charge in [0, 0.05) is 6.20 Å². The molecule has 0 unspecified atom stereocenters. The van der Waals surface area contributed by atoms with Gasteiger partial charge in [-0.3, -0.25) is 0 Å². The summed E-state index contributed by atoms with van der Waals surface area (Å²) in [6.45, 7) is 0. The summed E-state index contributed by atoms with van der Waals surface area (Å²) in [5.74, 6) is 0.674. The summed E-state index contributed by atoms with van der Waals surface area (Å²) in [4.78, 5) is 2.76. The average Bonchev–Trinajstić information content (AvgIpc) is 2.48. The first kappa shape index (κ1) is 7.73. The highest BCUT2D eigenvalue weighted by Gasteiger charge is 2.08. The second kappa shape index (κ2) is 2.86. The molecule has 0 spiro atoms. The molecule has 0 bridgehead atoms. The van der Waals surface area contributed by atoms with E-state index in [0.717, 1.165) is 5.56 Å². The molecule has 13 heavy (non-hydrogen) atoms. The SMILES string of the molecule is Nc1[nH]cc(O)c1-c1ccccc1. The fraction of sp³-hybridized carbons (Fsp3) is 0. The molecule has 1 aromatic carbocycles. The minimum Gasteiger partial charge on any atom is -0.506 e. The number of aromatic amines is 1. The molecule has 0 radical (unpaired) electrons. The fourth-order valence-corrected chi connectivity index (χ4v) is 1.34. The standard InChI is InChI=1S/C10H10N2O/c11-10-9(8(13)6-12-10)7-4-2-1-3-5-7/h1-6,12-13H,11H2. The van der Waals surface area contributed by atoms with E-state index in [-0.39, 0.29) is 5.75 Å². The van der Waals surface area contributed by atoms with Crippen molar-refractivity contribution in [2.75, 3.05) is 5.73 Å². The first-order valence-corrected chi connectivity index (χ1v) is 4.00. The second-order valence-corrected chi connectivity index (χ2v) is 2.83. The van der Waals surface area contributed by atoms with E-state index in [9.17, 15) is 5.11 Å². The number of nitrogens with one attached hydrogen (secondary N) is 1. The zero-order valence-electron chi connectivity index (χ0n) is 6.99. The molecule has 2 aromatic rings. The van der Waals surface area contributed by atoms with Crippen LogP contribution in [0.5, 0.6) is 5.75 Å². The number of aromatic nitrogens is 1. The van der Waals surface area contributed by atoms with Crippen LogP contribution < -0.4 is 5.73 Å². The van der Waals surface area contributed by atoms with Crippen LogP contribution in [0, 0.1) is 0 Å². The van der Waals surface area contributed by atoms with Gasteiger partial charge < -0.3 is 15.8 Å². The molecule has 0 aliphatic heterocycles. The topological polar surface area (TPSA) is 62.0 Å². The van der Waals surface area contributed by atoms with Crippen LogP contribution in [-0.4, -0.2) is 10.1 Å². The minimum atomic E-state index is 0.184. The molecule has 66 valence electrons. The van der Waals surface area contributed by atoms with Gasteiger partial charge >= 0.3 is 0 Å². The van der Waals surface area contributed by atoms with E-state index in [1.807, 2.05) is 30.3 Å².